The fourth-order valence-electron chi connectivity index (χ4n) is 1.12. The second-order valence-electron chi connectivity index (χ2n) is 3.06. The van der Waals surface area contributed by atoms with Gasteiger partial charge in [-0.3, -0.25) is 4.79 Å². The smallest absolute Gasteiger partial charge is 0.304 e. The number of nitrogens with zero attached hydrogens (tertiary/aromatic N) is 2. The van der Waals surface area contributed by atoms with E-state index in [0.717, 1.165) is 4.31 Å². The largest absolute Gasteiger partial charge is 0.481 e. The lowest BCUT2D eigenvalue weighted by molar-refractivity contribution is -0.137. The molecule has 0 rings (SSSR count). The van der Waals surface area contributed by atoms with Crippen LogP contribution in [0.15, 0.2) is 0 Å². The summed E-state index contributed by atoms with van der Waals surface area (Å²) in [6.45, 7) is 4.25. The maximum absolute atomic E-state index is 11.8. The Morgan fingerprint density at radius 1 is 1.27 bits per heavy atom. The molecule has 0 radical (unpaired) electrons. The second kappa shape index (κ2) is 6.04. The van der Waals surface area contributed by atoms with Crippen molar-refractivity contribution in [2.75, 3.05) is 26.7 Å². The minimum Gasteiger partial charge on any atom is -0.481 e. The summed E-state index contributed by atoms with van der Waals surface area (Å²) in [4.78, 5) is 10.3. The van der Waals surface area contributed by atoms with Crippen LogP contribution < -0.4 is 0 Å². The number of rotatable bonds is 7. The molecule has 0 heterocycles. The summed E-state index contributed by atoms with van der Waals surface area (Å²) < 4.78 is 25.9. The molecule has 1 N–H and O–H groups in total. The van der Waals surface area contributed by atoms with E-state index in [4.69, 9.17) is 5.11 Å². The van der Waals surface area contributed by atoms with Crippen LogP contribution in [-0.2, 0) is 15.0 Å². The zero-order chi connectivity index (χ0) is 12.1. The van der Waals surface area contributed by atoms with E-state index in [9.17, 15) is 13.2 Å². The van der Waals surface area contributed by atoms with Gasteiger partial charge in [0, 0.05) is 26.7 Å². The van der Waals surface area contributed by atoms with Crippen LogP contribution in [0.5, 0.6) is 0 Å². The summed E-state index contributed by atoms with van der Waals surface area (Å²) in [6.07, 6.45) is -0.184. The topological polar surface area (TPSA) is 77.9 Å². The van der Waals surface area contributed by atoms with Crippen molar-refractivity contribution in [3.05, 3.63) is 0 Å². The first kappa shape index (κ1) is 14.3. The quantitative estimate of drug-likeness (QED) is 0.676. The number of carbonyl (C=O) groups is 1. The van der Waals surface area contributed by atoms with Gasteiger partial charge in [-0.15, -0.1) is 0 Å². The standard InChI is InChI=1S/C8H18N2O4S/c1-4-10(5-2)15(13,14)9(3)7-6-8(11)12/h4-7H2,1-3H3,(H,11,12). The van der Waals surface area contributed by atoms with Gasteiger partial charge in [0.25, 0.3) is 10.2 Å². The monoisotopic (exact) mass is 238 g/mol. The molecule has 0 aliphatic carbocycles. The molecule has 0 saturated heterocycles. The van der Waals surface area contributed by atoms with Crippen molar-refractivity contribution in [2.45, 2.75) is 20.3 Å². The van der Waals surface area contributed by atoms with Crippen molar-refractivity contribution < 1.29 is 18.3 Å². The first-order chi connectivity index (χ1) is 6.86. The molecular weight excluding hydrogens is 220 g/mol. The van der Waals surface area contributed by atoms with Gasteiger partial charge in [0.1, 0.15) is 0 Å². The molecule has 0 aliphatic heterocycles. The minimum absolute atomic E-state index is 0.00579. The molecule has 0 amide bonds. The van der Waals surface area contributed by atoms with Crippen molar-refractivity contribution in [1.82, 2.24) is 8.61 Å². The van der Waals surface area contributed by atoms with E-state index < -0.39 is 16.2 Å². The first-order valence-electron chi connectivity index (χ1n) is 4.79. The molecular formula is C8H18N2O4S. The van der Waals surface area contributed by atoms with Crippen LogP contribution in [0, 0.1) is 0 Å². The van der Waals surface area contributed by atoms with Crippen molar-refractivity contribution >= 4 is 16.2 Å². The lowest BCUT2D eigenvalue weighted by Crippen LogP contribution is -2.42. The first-order valence-corrected chi connectivity index (χ1v) is 6.19. The third-order valence-electron chi connectivity index (χ3n) is 2.07. The van der Waals surface area contributed by atoms with Gasteiger partial charge in [-0.2, -0.15) is 17.0 Å². The van der Waals surface area contributed by atoms with Crippen LogP contribution in [0.3, 0.4) is 0 Å². The highest BCUT2D eigenvalue weighted by molar-refractivity contribution is 7.86. The summed E-state index contributed by atoms with van der Waals surface area (Å²) in [5.74, 6) is -1.00. The fourth-order valence-corrected chi connectivity index (χ4v) is 2.48. The molecule has 0 spiro atoms. The van der Waals surface area contributed by atoms with E-state index in [2.05, 4.69) is 0 Å². The predicted octanol–water partition coefficient (Wildman–Crippen LogP) is -0.0205. The molecule has 0 unspecified atom stereocenters. The van der Waals surface area contributed by atoms with E-state index in [0.29, 0.717) is 13.1 Å². The minimum atomic E-state index is -3.49. The number of carboxylic acid groups (broad SMARTS) is 1. The van der Waals surface area contributed by atoms with Crippen molar-refractivity contribution in [1.29, 1.82) is 0 Å². The van der Waals surface area contributed by atoms with E-state index in [1.165, 1.54) is 11.4 Å². The molecule has 6 nitrogen and oxygen atoms in total. The fraction of sp³-hybridized carbons (Fsp3) is 0.875. The Morgan fingerprint density at radius 3 is 2.07 bits per heavy atom. The van der Waals surface area contributed by atoms with Gasteiger partial charge in [-0.05, 0) is 0 Å². The van der Waals surface area contributed by atoms with Crippen molar-refractivity contribution in [2.24, 2.45) is 0 Å². The SMILES string of the molecule is CCN(CC)S(=O)(=O)N(C)CCC(=O)O. The molecule has 0 aromatic carbocycles. The van der Waals surface area contributed by atoms with E-state index in [-0.39, 0.29) is 13.0 Å². The molecule has 0 fully saturated rings. The normalized spacial score (nSPS) is 12.3. The van der Waals surface area contributed by atoms with E-state index in [1.807, 2.05) is 0 Å². The highest BCUT2D eigenvalue weighted by atomic mass is 32.2. The zero-order valence-electron chi connectivity index (χ0n) is 9.30. The van der Waals surface area contributed by atoms with Crippen LogP contribution in [0.25, 0.3) is 0 Å². The summed E-state index contributed by atoms with van der Waals surface area (Å²) in [5, 5.41) is 8.45. The average molecular weight is 238 g/mol. The second-order valence-corrected chi connectivity index (χ2v) is 5.09. The molecule has 0 aromatic heterocycles. The average Bonchev–Trinajstić information content (AvgIpc) is 2.15. The third-order valence-corrected chi connectivity index (χ3v) is 4.21. The molecule has 0 aromatic rings. The van der Waals surface area contributed by atoms with Crippen LogP contribution in [-0.4, -0.2) is 54.8 Å². The molecule has 0 aliphatic rings. The summed E-state index contributed by atoms with van der Waals surface area (Å²) in [7, 11) is -2.11. The number of carboxylic acids is 1. The van der Waals surface area contributed by atoms with Gasteiger partial charge in [0.05, 0.1) is 6.42 Å². The zero-order valence-corrected chi connectivity index (χ0v) is 10.1. The molecule has 0 saturated carbocycles. The highest BCUT2D eigenvalue weighted by Crippen LogP contribution is 2.06. The van der Waals surface area contributed by atoms with Crippen LogP contribution in [0.1, 0.15) is 20.3 Å². The van der Waals surface area contributed by atoms with E-state index >= 15 is 0 Å². The van der Waals surface area contributed by atoms with Crippen molar-refractivity contribution in [3.63, 3.8) is 0 Å². The Labute approximate surface area is 90.7 Å². The molecule has 7 heteroatoms. The van der Waals surface area contributed by atoms with Crippen LogP contribution in [0.4, 0.5) is 0 Å². The lowest BCUT2D eigenvalue weighted by Gasteiger charge is -2.24. The predicted molar refractivity (Wildman–Crippen MR) is 56.7 cm³/mol. The number of hydrogen-bond donors (Lipinski definition) is 1. The van der Waals surface area contributed by atoms with Crippen molar-refractivity contribution in [3.8, 4) is 0 Å². The Bertz CT molecular complexity index is 298. The highest BCUT2D eigenvalue weighted by Gasteiger charge is 2.24. The summed E-state index contributed by atoms with van der Waals surface area (Å²) in [6, 6.07) is 0. The Hall–Kier alpha value is -0.660. The molecule has 0 atom stereocenters. The molecule has 90 valence electrons. The van der Waals surface area contributed by atoms with Gasteiger partial charge in [0.15, 0.2) is 0 Å². The summed E-state index contributed by atoms with van der Waals surface area (Å²) in [5.41, 5.74) is 0. The maximum Gasteiger partial charge on any atom is 0.304 e. The Morgan fingerprint density at radius 2 is 1.73 bits per heavy atom. The van der Waals surface area contributed by atoms with Gasteiger partial charge in [0.2, 0.25) is 0 Å². The Kier molecular flexibility index (Phi) is 5.77. The van der Waals surface area contributed by atoms with E-state index in [1.54, 1.807) is 13.8 Å². The van der Waals surface area contributed by atoms with Crippen LogP contribution in [0.2, 0.25) is 0 Å². The van der Waals surface area contributed by atoms with Gasteiger partial charge < -0.3 is 5.11 Å². The van der Waals surface area contributed by atoms with Crippen LogP contribution >= 0.6 is 0 Å². The lowest BCUT2D eigenvalue weighted by atomic mass is 10.4. The van der Waals surface area contributed by atoms with Gasteiger partial charge in [-0.1, -0.05) is 13.8 Å². The third kappa shape index (κ3) is 4.15. The molecule has 0 bridgehead atoms. The number of aliphatic carboxylic acids is 1. The van der Waals surface area contributed by atoms with Gasteiger partial charge >= 0.3 is 5.97 Å². The maximum atomic E-state index is 11.8. The summed E-state index contributed by atoms with van der Waals surface area (Å²) >= 11 is 0. The molecule has 15 heavy (non-hydrogen) atoms. The van der Waals surface area contributed by atoms with Gasteiger partial charge in [-0.25, -0.2) is 0 Å². The Balaban J connectivity index is 4.50. The number of hydrogen-bond acceptors (Lipinski definition) is 3.